The van der Waals surface area contributed by atoms with Crippen LogP contribution in [0.15, 0.2) is 97.1 Å². The van der Waals surface area contributed by atoms with Gasteiger partial charge in [0.15, 0.2) is 0 Å². The Kier molecular flexibility index (Phi) is 17.6. The highest BCUT2D eigenvalue weighted by atomic mass is 16.5. The van der Waals surface area contributed by atoms with E-state index in [1.54, 1.807) is 58.3 Å². The van der Waals surface area contributed by atoms with Gasteiger partial charge in [0, 0.05) is 93.4 Å². The van der Waals surface area contributed by atoms with Gasteiger partial charge in [-0.25, -0.2) is 0 Å². The van der Waals surface area contributed by atoms with Crippen LogP contribution in [0.1, 0.15) is 45.7 Å². The number of carbonyl (C=O) groups excluding carboxylic acids is 2. The van der Waals surface area contributed by atoms with E-state index >= 15 is 0 Å². The lowest BCUT2D eigenvalue weighted by molar-refractivity contribution is 0.0757. The van der Waals surface area contributed by atoms with Crippen molar-refractivity contribution < 1.29 is 29.3 Å². The summed E-state index contributed by atoms with van der Waals surface area (Å²) >= 11 is 0. The second-order valence-electron chi connectivity index (χ2n) is 14.3. The third-order valence-corrected chi connectivity index (χ3v) is 9.55. The molecule has 0 aliphatic rings. The summed E-state index contributed by atoms with van der Waals surface area (Å²) in [7, 11) is 0. The van der Waals surface area contributed by atoms with E-state index in [9.17, 15) is 19.8 Å². The molecule has 2 unspecified atom stereocenters. The molecule has 2 amide bonds. The Morgan fingerprint density at radius 1 is 0.561 bits per heavy atom. The number of aliphatic hydroxyl groups is 2. The molecule has 0 aromatic heterocycles. The van der Waals surface area contributed by atoms with Crippen LogP contribution in [0.2, 0.25) is 0 Å². The normalized spacial score (nSPS) is 12.4. The van der Waals surface area contributed by atoms with Crippen LogP contribution in [0.4, 0.5) is 11.4 Å². The molecule has 4 aromatic carbocycles. The smallest absolute Gasteiger partial charge is 0.253 e. The molecule has 14 nitrogen and oxygen atoms in total. The molecule has 12 N–H and O–H groups in total. The lowest BCUT2D eigenvalue weighted by Crippen LogP contribution is -2.38. The van der Waals surface area contributed by atoms with Crippen molar-refractivity contribution in [3.63, 3.8) is 0 Å². The van der Waals surface area contributed by atoms with Crippen LogP contribution in [-0.4, -0.2) is 123 Å². The molecule has 0 radical (unpaired) electrons. The molecule has 0 aliphatic heterocycles. The average molecular weight is 785 g/mol. The first-order valence-corrected chi connectivity index (χ1v) is 19.4. The topological polar surface area (TPSA) is 228 Å². The third kappa shape index (κ3) is 13.5. The first kappa shape index (κ1) is 44.5. The largest absolute Gasteiger partial charge is 0.491 e. The van der Waals surface area contributed by atoms with Crippen molar-refractivity contribution in [2.75, 3.05) is 89.3 Å². The number of amides is 2. The summed E-state index contributed by atoms with van der Waals surface area (Å²) in [5, 5.41) is 27.5. The number of nitrogens with one attached hydrogen (secondary N) is 2. The summed E-state index contributed by atoms with van der Waals surface area (Å²) in [5.41, 5.74) is 27.0. The van der Waals surface area contributed by atoms with Crippen LogP contribution in [0.5, 0.6) is 11.5 Å². The summed E-state index contributed by atoms with van der Waals surface area (Å²) in [5.74, 6) is 1.06. The molecule has 0 saturated carbocycles. The number of rotatable bonds is 24. The third-order valence-electron chi connectivity index (χ3n) is 9.55. The summed E-state index contributed by atoms with van der Waals surface area (Å²) in [6, 6.07) is 29.8. The van der Waals surface area contributed by atoms with Gasteiger partial charge in [-0.1, -0.05) is 38.1 Å². The number of anilines is 2. The van der Waals surface area contributed by atoms with E-state index in [1.165, 1.54) is 0 Å². The molecule has 57 heavy (non-hydrogen) atoms. The summed E-state index contributed by atoms with van der Waals surface area (Å²) in [6.07, 6.45) is -1.53. The van der Waals surface area contributed by atoms with Crippen LogP contribution in [-0.2, 0) is 5.41 Å². The molecule has 0 spiro atoms. The Bertz CT molecular complexity index is 1650. The predicted molar refractivity (Wildman–Crippen MR) is 226 cm³/mol. The number of hydrogen-bond acceptors (Lipinski definition) is 12. The molecule has 0 bridgehead atoms. The maximum Gasteiger partial charge on any atom is 0.253 e. The lowest BCUT2D eigenvalue weighted by atomic mass is 9.78. The second-order valence-corrected chi connectivity index (χ2v) is 14.3. The predicted octanol–water partition coefficient (Wildman–Crippen LogP) is 2.44. The molecular formula is C43H60N8O6. The zero-order chi connectivity index (χ0) is 41.2. The summed E-state index contributed by atoms with van der Waals surface area (Å²) < 4.78 is 11.7. The average Bonchev–Trinajstić information content (AvgIpc) is 3.23. The second kappa shape index (κ2) is 22.5. The Labute approximate surface area is 336 Å². The molecule has 4 aromatic rings. The highest BCUT2D eigenvalue weighted by molar-refractivity contribution is 5.95. The van der Waals surface area contributed by atoms with Gasteiger partial charge in [-0.05, 0) is 83.9 Å². The Balaban J connectivity index is 1.19. The van der Waals surface area contributed by atoms with Crippen LogP contribution in [0.25, 0.3) is 0 Å². The number of nitrogens with zero attached hydrogens (tertiary/aromatic N) is 2. The van der Waals surface area contributed by atoms with E-state index in [0.29, 0.717) is 75.0 Å². The van der Waals surface area contributed by atoms with Gasteiger partial charge in [0.25, 0.3) is 11.8 Å². The number of hydrogen-bond donors (Lipinski definition) is 8. The fraction of sp³-hybridized carbons (Fsp3) is 0.395. The zero-order valence-corrected chi connectivity index (χ0v) is 33.1. The van der Waals surface area contributed by atoms with Crippen molar-refractivity contribution in [1.29, 1.82) is 0 Å². The SMILES string of the molecule is CC(C)(c1ccc(OCC(O)CNc2ccc(C(=O)N(CCN)CCN)cc2)cc1)c1ccc(OCC(O)CNc2ccc(C(=O)N(CCN)CCN)cc2)cc1. The molecule has 0 aliphatic carbocycles. The molecule has 2 atom stereocenters. The molecule has 0 heterocycles. The molecular weight excluding hydrogens is 725 g/mol. The zero-order valence-electron chi connectivity index (χ0n) is 33.1. The van der Waals surface area contributed by atoms with Crippen molar-refractivity contribution in [1.82, 2.24) is 9.80 Å². The molecule has 14 heteroatoms. The number of carbonyl (C=O) groups is 2. The first-order valence-electron chi connectivity index (χ1n) is 19.4. The molecule has 4 rings (SSSR count). The lowest BCUT2D eigenvalue weighted by Gasteiger charge is -2.26. The maximum absolute atomic E-state index is 12.7. The van der Waals surface area contributed by atoms with Gasteiger partial charge < -0.3 is 63.1 Å². The number of benzene rings is 4. The van der Waals surface area contributed by atoms with Gasteiger partial charge in [-0.3, -0.25) is 9.59 Å². The molecule has 0 saturated heterocycles. The van der Waals surface area contributed by atoms with Crippen molar-refractivity contribution in [2.24, 2.45) is 22.9 Å². The van der Waals surface area contributed by atoms with Gasteiger partial charge in [-0.2, -0.15) is 0 Å². The minimum absolute atomic E-state index is 0.103. The Morgan fingerprint density at radius 3 is 1.18 bits per heavy atom. The van der Waals surface area contributed by atoms with E-state index in [4.69, 9.17) is 32.4 Å². The first-order chi connectivity index (χ1) is 27.5. The van der Waals surface area contributed by atoms with E-state index in [0.717, 1.165) is 22.5 Å². The minimum atomic E-state index is -0.763. The number of nitrogens with two attached hydrogens (primary N) is 4. The van der Waals surface area contributed by atoms with Crippen molar-refractivity contribution in [3.05, 3.63) is 119 Å². The van der Waals surface area contributed by atoms with Gasteiger partial charge >= 0.3 is 0 Å². The van der Waals surface area contributed by atoms with Crippen molar-refractivity contribution >= 4 is 23.2 Å². The number of ether oxygens (including phenoxy) is 2. The van der Waals surface area contributed by atoms with Gasteiger partial charge in [0.05, 0.1) is 0 Å². The van der Waals surface area contributed by atoms with E-state index in [1.807, 2.05) is 48.5 Å². The van der Waals surface area contributed by atoms with Crippen LogP contribution in [0, 0.1) is 0 Å². The summed E-state index contributed by atoms with van der Waals surface area (Å²) in [6.45, 7) is 8.26. The van der Waals surface area contributed by atoms with Crippen molar-refractivity contribution in [3.8, 4) is 11.5 Å². The van der Waals surface area contributed by atoms with Gasteiger partial charge in [-0.15, -0.1) is 0 Å². The molecule has 0 fully saturated rings. The van der Waals surface area contributed by atoms with Crippen LogP contribution in [0.3, 0.4) is 0 Å². The highest BCUT2D eigenvalue weighted by Crippen LogP contribution is 2.33. The fourth-order valence-corrected chi connectivity index (χ4v) is 6.16. The van der Waals surface area contributed by atoms with E-state index in [2.05, 4.69) is 24.5 Å². The molecule has 308 valence electrons. The summed E-state index contributed by atoms with van der Waals surface area (Å²) in [4.78, 5) is 28.7. The minimum Gasteiger partial charge on any atom is -0.491 e. The van der Waals surface area contributed by atoms with Crippen molar-refractivity contribution in [2.45, 2.75) is 31.5 Å². The van der Waals surface area contributed by atoms with Gasteiger partial charge in [0.2, 0.25) is 0 Å². The Morgan fingerprint density at radius 2 is 0.877 bits per heavy atom. The van der Waals surface area contributed by atoms with Crippen LogP contribution >= 0.6 is 0 Å². The quantitative estimate of drug-likeness (QED) is 0.0513. The maximum atomic E-state index is 12.7. The fourth-order valence-electron chi connectivity index (χ4n) is 6.16. The monoisotopic (exact) mass is 784 g/mol. The van der Waals surface area contributed by atoms with Crippen LogP contribution < -0.4 is 43.0 Å². The van der Waals surface area contributed by atoms with Gasteiger partial charge in [0.1, 0.15) is 36.9 Å². The number of aliphatic hydroxyl groups excluding tert-OH is 2. The highest BCUT2D eigenvalue weighted by Gasteiger charge is 2.23. The standard InChI is InChI=1S/C43H60N8O6/c1-43(2,33-7-15-39(16-8-33)56-29-37(52)27-48-35-11-3-31(4-12-35)41(54)50(23-19-44)24-20-45)34-9-17-40(18-10-34)57-30-38(53)28-49-36-13-5-32(6-14-36)42(55)51(25-21-46)26-22-47/h3-18,37-38,48-49,52-53H,19-30,44-47H2,1-2H3. The van der Waals surface area contributed by atoms with E-state index < -0.39 is 12.2 Å². The Hall–Kier alpha value is -5.22. The van der Waals surface area contributed by atoms with E-state index in [-0.39, 0.29) is 43.5 Å².